The molecule has 4 heteroatoms. The minimum absolute atomic E-state index is 0.276. The van der Waals surface area contributed by atoms with Crippen LogP contribution in [0.5, 0.6) is 0 Å². The summed E-state index contributed by atoms with van der Waals surface area (Å²) in [5.74, 6) is 1.47. The van der Waals surface area contributed by atoms with Crippen LogP contribution in [-0.2, 0) is 0 Å². The van der Waals surface area contributed by atoms with E-state index in [0.29, 0.717) is 5.84 Å². The van der Waals surface area contributed by atoms with Crippen LogP contribution < -0.4 is 5.32 Å². The topological polar surface area (TPSA) is 49.9 Å². The van der Waals surface area contributed by atoms with Crippen molar-refractivity contribution in [1.29, 1.82) is 0 Å². The SMILES string of the molecule is c1ccc(C2=NC(c3ccccc3)NC(c3cccc4oc5cccc(-c6ccc(-c7ccccc7)cc6)c5c34)=N2)cc1. The van der Waals surface area contributed by atoms with Crippen LogP contribution in [0.2, 0.25) is 0 Å². The van der Waals surface area contributed by atoms with Crippen LogP contribution in [0, 0.1) is 0 Å². The predicted molar refractivity (Wildman–Crippen MR) is 176 cm³/mol. The van der Waals surface area contributed by atoms with Gasteiger partial charge in [-0.25, -0.2) is 9.98 Å². The number of nitrogens with one attached hydrogen (secondary N) is 1. The third kappa shape index (κ3) is 4.59. The molecular weight excluding hydrogens is 526 g/mol. The highest BCUT2D eigenvalue weighted by Crippen LogP contribution is 2.39. The molecule has 2 heterocycles. The number of benzene rings is 6. The van der Waals surface area contributed by atoms with Crippen molar-refractivity contribution in [3.8, 4) is 22.3 Å². The molecule has 204 valence electrons. The van der Waals surface area contributed by atoms with E-state index in [1.807, 2.05) is 60.7 Å². The van der Waals surface area contributed by atoms with E-state index in [-0.39, 0.29) is 6.17 Å². The lowest BCUT2D eigenvalue weighted by atomic mass is 9.95. The first-order valence-electron chi connectivity index (χ1n) is 14.5. The molecule has 0 bridgehead atoms. The van der Waals surface area contributed by atoms with Crippen molar-refractivity contribution in [3.05, 3.63) is 168 Å². The lowest BCUT2D eigenvalue weighted by Gasteiger charge is -2.24. The lowest BCUT2D eigenvalue weighted by molar-refractivity contribution is 0.668. The zero-order valence-corrected chi connectivity index (χ0v) is 23.3. The third-order valence-electron chi connectivity index (χ3n) is 7.97. The van der Waals surface area contributed by atoms with Crippen molar-refractivity contribution in [2.24, 2.45) is 9.98 Å². The largest absolute Gasteiger partial charge is 0.456 e. The van der Waals surface area contributed by atoms with Gasteiger partial charge >= 0.3 is 0 Å². The molecule has 0 saturated heterocycles. The van der Waals surface area contributed by atoms with Crippen LogP contribution in [-0.4, -0.2) is 11.7 Å². The van der Waals surface area contributed by atoms with Crippen molar-refractivity contribution in [1.82, 2.24) is 5.32 Å². The van der Waals surface area contributed by atoms with Crippen LogP contribution in [0.3, 0.4) is 0 Å². The summed E-state index contributed by atoms with van der Waals surface area (Å²) >= 11 is 0. The molecule has 0 saturated carbocycles. The average molecular weight is 554 g/mol. The van der Waals surface area contributed by atoms with E-state index in [1.165, 1.54) is 11.1 Å². The number of hydrogen-bond donors (Lipinski definition) is 1. The minimum atomic E-state index is -0.276. The Bertz CT molecular complexity index is 2130. The highest BCUT2D eigenvalue weighted by atomic mass is 16.3. The molecular formula is C39H27N3O. The molecule has 0 amide bonds. The first-order chi connectivity index (χ1) is 21.3. The summed E-state index contributed by atoms with van der Waals surface area (Å²) in [5.41, 5.74) is 9.35. The molecule has 1 aromatic heterocycles. The maximum atomic E-state index is 6.45. The van der Waals surface area contributed by atoms with Gasteiger partial charge in [0, 0.05) is 21.9 Å². The first-order valence-corrected chi connectivity index (χ1v) is 14.5. The zero-order chi connectivity index (χ0) is 28.6. The zero-order valence-electron chi connectivity index (χ0n) is 23.3. The Labute approximate surface area is 249 Å². The number of nitrogens with zero attached hydrogens (tertiary/aromatic N) is 2. The van der Waals surface area contributed by atoms with Gasteiger partial charge in [-0.1, -0.05) is 140 Å². The average Bonchev–Trinajstić information content (AvgIpc) is 3.49. The number of hydrogen-bond acceptors (Lipinski definition) is 4. The van der Waals surface area contributed by atoms with Gasteiger partial charge in [-0.2, -0.15) is 0 Å². The summed E-state index contributed by atoms with van der Waals surface area (Å²) in [4.78, 5) is 10.1. The lowest BCUT2D eigenvalue weighted by Crippen LogP contribution is -2.33. The Kier molecular flexibility index (Phi) is 6.16. The van der Waals surface area contributed by atoms with Crippen LogP contribution in [0.25, 0.3) is 44.2 Å². The number of rotatable bonds is 5. The smallest absolute Gasteiger partial charge is 0.159 e. The van der Waals surface area contributed by atoms with Gasteiger partial charge in [0.15, 0.2) is 5.84 Å². The molecule has 1 aliphatic rings. The third-order valence-corrected chi connectivity index (χ3v) is 7.97. The van der Waals surface area contributed by atoms with Crippen molar-refractivity contribution < 1.29 is 4.42 Å². The molecule has 4 nitrogen and oxygen atoms in total. The monoisotopic (exact) mass is 553 g/mol. The van der Waals surface area contributed by atoms with E-state index in [1.54, 1.807) is 0 Å². The van der Waals surface area contributed by atoms with E-state index in [4.69, 9.17) is 14.4 Å². The summed E-state index contributed by atoms with van der Waals surface area (Å²) in [7, 11) is 0. The van der Waals surface area contributed by atoms with Gasteiger partial charge < -0.3 is 9.73 Å². The Balaban J connectivity index is 1.30. The van der Waals surface area contributed by atoms with Gasteiger partial charge in [-0.05, 0) is 39.9 Å². The number of fused-ring (bicyclic) bond motifs is 3. The molecule has 1 atom stereocenters. The van der Waals surface area contributed by atoms with Crippen molar-refractivity contribution in [2.45, 2.75) is 6.17 Å². The van der Waals surface area contributed by atoms with Crippen molar-refractivity contribution in [3.63, 3.8) is 0 Å². The second kappa shape index (κ2) is 10.6. The van der Waals surface area contributed by atoms with E-state index < -0.39 is 0 Å². The molecule has 0 spiro atoms. The van der Waals surface area contributed by atoms with E-state index in [0.717, 1.165) is 55.6 Å². The second-order valence-electron chi connectivity index (χ2n) is 10.6. The quantitative estimate of drug-likeness (QED) is 0.231. The molecule has 43 heavy (non-hydrogen) atoms. The van der Waals surface area contributed by atoms with Gasteiger partial charge in [-0.3, -0.25) is 0 Å². The maximum absolute atomic E-state index is 6.45. The fraction of sp³-hybridized carbons (Fsp3) is 0.0256. The Morgan fingerprint density at radius 2 is 1.00 bits per heavy atom. The predicted octanol–water partition coefficient (Wildman–Crippen LogP) is 9.42. The van der Waals surface area contributed by atoms with Gasteiger partial charge in [0.05, 0.1) is 0 Å². The Morgan fingerprint density at radius 3 is 1.67 bits per heavy atom. The molecule has 1 N–H and O–H groups in total. The molecule has 1 aliphatic heterocycles. The van der Waals surface area contributed by atoms with Gasteiger partial charge in [0.2, 0.25) is 0 Å². The standard InChI is InChI=1S/C39H27N3O/c1-4-12-26(13-5-1)27-22-24-28(25-23-27)31-18-10-20-33-35(31)36-32(19-11-21-34(36)43-33)39-41-37(29-14-6-2-7-15-29)40-38(42-39)30-16-8-3-9-17-30/h1-25,37H,(H,40,41,42). The van der Waals surface area contributed by atoms with E-state index >= 15 is 0 Å². The van der Waals surface area contributed by atoms with Crippen molar-refractivity contribution >= 4 is 33.6 Å². The van der Waals surface area contributed by atoms with Crippen molar-refractivity contribution in [2.75, 3.05) is 0 Å². The molecule has 0 fully saturated rings. The highest BCUT2D eigenvalue weighted by Gasteiger charge is 2.24. The Hall–Kier alpha value is -5.74. The minimum Gasteiger partial charge on any atom is -0.456 e. The molecule has 0 radical (unpaired) electrons. The molecule has 1 unspecified atom stereocenters. The fourth-order valence-corrected chi connectivity index (χ4v) is 5.89. The molecule has 0 aliphatic carbocycles. The summed E-state index contributed by atoms with van der Waals surface area (Å²) < 4.78 is 6.45. The number of aliphatic imine (C=N–C) groups is 2. The van der Waals surface area contributed by atoms with Crippen LogP contribution in [0.4, 0.5) is 0 Å². The van der Waals surface area contributed by atoms with Gasteiger partial charge in [0.1, 0.15) is 23.2 Å². The molecule has 6 aromatic carbocycles. The van der Waals surface area contributed by atoms with Gasteiger partial charge in [-0.15, -0.1) is 0 Å². The normalized spacial score (nSPS) is 14.7. The first kappa shape index (κ1) is 25.0. The second-order valence-corrected chi connectivity index (χ2v) is 10.6. The highest BCUT2D eigenvalue weighted by molar-refractivity contribution is 6.24. The summed E-state index contributed by atoms with van der Waals surface area (Å²) in [6.07, 6.45) is -0.276. The van der Waals surface area contributed by atoms with E-state index in [9.17, 15) is 0 Å². The summed E-state index contributed by atoms with van der Waals surface area (Å²) in [6, 6.07) is 52.1. The summed E-state index contributed by atoms with van der Waals surface area (Å²) in [6.45, 7) is 0. The van der Waals surface area contributed by atoms with Crippen LogP contribution >= 0.6 is 0 Å². The maximum Gasteiger partial charge on any atom is 0.159 e. The number of amidine groups is 2. The Morgan fingerprint density at radius 1 is 0.465 bits per heavy atom. The molecule has 8 rings (SSSR count). The van der Waals surface area contributed by atoms with Crippen LogP contribution in [0.1, 0.15) is 22.9 Å². The van der Waals surface area contributed by atoms with E-state index in [2.05, 4.69) is 96.3 Å². The fourth-order valence-electron chi connectivity index (χ4n) is 5.89. The molecule has 7 aromatic rings. The summed E-state index contributed by atoms with van der Waals surface area (Å²) in [5, 5.41) is 5.75. The van der Waals surface area contributed by atoms with Gasteiger partial charge in [0.25, 0.3) is 0 Å². The number of furan rings is 1. The van der Waals surface area contributed by atoms with Crippen LogP contribution in [0.15, 0.2) is 166 Å².